The van der Waals surface area contributed by atoms with Gasteiger partial charge in [0.25, 0.3) is 5.91 Å². The Morgan fingerprint density at radius 1 is 1.38 bits per heavy atom. The second-order valence-corrected chi connectivity index (χ2v) is 6.38. The standard InChI is InChI=1S/C15H21ClN2O3/c1-9(2)11-7-10(8-12(16)17-11)14(21)18-15(3,4)6-5-13(19)20/h7-9H,5-6H2,1-4H3,(H,18,21)(H,19,20). The summed E-state index contributed by atoms with van der Waals surface area (Å²) in [6, 6.07) is 3.22. The maximum Gasteiger partial charge on any atom is 0.303 e. The number of halogens is 1. The van der Waals surface area contributed by atoms with Crippen molar-refractivity contribution >= 4 is 23.5 Å². The number of hydrogen-bond donors (Lipinski definition) is 2. The highest BCUT2D eigenvalue weighted by Gasteiger charge is 2.23. The Labute approximate surface area is 129 Å². The van der Waals surface area contributed by atoms with Crippen LogP contribution in [0.3, 0.4) is 0 Å². The molecule has 0 aliphatic heterocycles. The quantitative estimate of drug-likeness (QED) is 0.790. The number of carbonyl (C=O) groups excluding carboxylic acids is 1. The van der Waals surface area contributed by atoms with E-state index in [0.29, 0.717) is 12.0 Å². The van der Waals surface area contributed by atoms with Crippen molar-refractivity contribution in [2.45, 2.75) is 52.0 Å². The van der Waals surface area contributed by atoms with Gasteiger partial charge in [-0.15, -0.1) is 0 Å². The lowest BCUT2D eigenvalue weighted by Gasteiger charge is -2.25. The van der Waals surface area contributed by atoms with Crippen molar-refractivity contribution in [3.8, 4) is 0 Å². The Kier molecular flexibility index (Phi) is 5.72. The molecule has 0 spiro atoms. The minimum absolute atomic E-state index is 0.00161. The molecule has 0 atom stereocenters. The molecule has 0 radical (unpaired) electrons. The van der Waals surface area contributed by atoms with Crippen molar-refractivity contribution in [1.29, 1.82) is 0 Å². The van der Waals surface area contributed by atoms with Crippen LogP contribution in [0.4, 0.5) is 0 Å². The topological polar surface area (TPSA) is 79.3 Å². The predicted molar refractivity (Wildman–Crippen MR) is 81.8 cm³/mol. The van der Waals surface area contributed by atoms with Crippen molar-refractivity contribution in [3.05, 3.63) is 28.5 Å². The molecule has 0 unspecified atom stereocenters. The Balaban J connectivity index is 2.86. The summed E-state index contributed by atoms with van der Waals surface area (Å²) >= 11 is 5.94. The fourth-order valence-electron chi connectivity index (χ4n) is 1.81. The maximum absolute atomic E-state index is 12.3. The van der Waals surface area contributed by atoms with E-state index in [1.807, 2.05) is 13.8 Å². The fourth-order valence-corrected chi connectivity index (χ4v) is 2.02. The van der Waals surface area contributed by atoms with E-state index >= 15 is 0 Å². The van der Waals surface area contributed by atoms with Gasteiger partial charge < -0.3 is 10.4 Å². The molecule has 0 aliphatic carbocycles. The van der Waals surface area contributed by atoms with Gasteiger partial charge in [-0.1, -0.05) is 25.4 Å². The SMILES string of the molecule is CC(C)c1cc(C(=O)NC(C)(C)CCC(=O)O)cc(Cl)n1. The minimum Gasteiger partial charge on any atom is -0.481 e. The van der Waals surface area contributed by atoms with Crippen LogP contribution >= 0.6 is 11.6 Å². The highest BCUT2D eigenvalue weighted by molar-refractivity contribution is 6.29. The zero-order chi connectivity index (χ0) is 16.2. The van der Waals surface area contributed by atoms with Crippen LogP contribution in [0.1, 0.15) is 62.5 Å². The van der Waals surface area contributed by atoms with Gasteiger partial charge in [-0.25, -0.2) is 4.98 Å². The molecule has 0 bridgehead atoms. The molecule has 1 aromatic heterocycles. The second-order valence-electron chi connectivity index (χ2n) is 5.99. The predicted octanol–water partition coefficient (Wildman–Crippen LogP) is 3.23. The Morgan fingerprint density at radius 3 is 2.52 bits per heavy atom. The number of carboxylic acids is 1. The van der Waals surface area contributed by atoms with Crippen molar-refractivity contribution in [3.63, 3.8) is 0 Å². The van der Waals surface area contributed by atoms with Gasteiger partial charge in [0.1, 0.15) is 5.15 Å². The molecule has 21 heavy (non-hydrogen) atoms. The highest BCUT2D eigenvalue weighted by Crippen LogP contribution is 2.19. The molecule has 1 amide bonds. The summed E-state index contributed by atoms with van der Waals surface area (Å²) in [6.45, 7) is 7.52. The van der Waals surface area contributed by atoms with Gasteiger partial charge in [0.05, 0.1) is 0 Å². The van der Waals surface area contributed by atoms with Gasteiger partial charge in [0, 0.05) is 23.2 Å². The molecule has 1 rings (SSSR count). The summed E-state index contributed by atoms with van der Waals surface area (Å²) < 4.78 is 0. The van der Waals surface area contributed by atoms with E-state index in [2.05, 4.69) is 10.3 Å². The van der Waals surface area contributed by atoms with Crippen LogP contribution in [0.15, 0.2) is 12.1 Å². The minimum atomic E-state index is -0.883. The molecular formula is C15H21ClN2O3. The van der Waals surface area contributed by atoms with Crippen LogP contribution in [-0.4, -0.2) is 27.5 Å². The third kappa shape index (κ3) is 5.71. The van der Waals surface area contributed by atoms with E-state index in [-0.39, 0.29) is 23.4 Å². The third-order valence-electron chi connectivity index (χ3n) is 3.08. The molecule has 0 fully saturated rings. The summed E-state index contributed by atoms with van der Waals surface area (Å²) in [4.78, 5) is 27.1. The number of aliphatic carboxylic acids is 1. The van der Waals surface area contributed by atoms with Gasteiger partial charge >= 0.3 is 5.97 Å². The molecule has 0 saturated heterocycles. The van der Waals surface area contributed by atoms with E-state index in [1.54, 1.807) is 19.9 Å². The number of amides is 1. The summed E-state index contributed by atoms with van der Waals surface area (Å²) in [5.74, 6) is -1.00. The van der Waals surface area contributed by atoms with E-state index < -0.39 is 11.5 Å². The van der Waals surface area contributed by atoms with Gasteiger partial charge in [0.2, 0.25) is 0 Å². The summed E-state index contributed by atoms with van der Waals surface area (Å²) in [5.41, 5.74) is 0.571. The van der Waals surface area contributed by atoms with Crippen LogP contribution in [-0.2, 0) is 4.79 Å². The van der Waals surface area contributed by atoms with Crippen LogP contribution in [0, 0.1) is 0 Å². The normalized spacial score (nSPS) is 11.5. The molecule has 0 aliphatic rings. The fraction of sp³-hybridized carbons (Fsp3) is 0.533. The number of carboxylic acid groups (broad SMARTS) is 1. The van der Waals surface area contributed by atoms with Gasteiger partial charge in [-0.3, -0.25) is 9.59 Å². The first-order chi connectivity index (χ1) is 9.60. The van der Waals surface area contributed by atoms with E-state index in [1.165, 1.54) is 6.07 Å². The van der Waals surface area contributed by atoms with Crippen molar-refractivity contribution in [2.75, 3.05) is 0 Å². The molecule has 6 heteroatoms. The molecule has 2 N–H and O–H groups in total. The van der Waals surface area contributed by atoms with Crippen molar-refractivity contribution in [2.24, 2.45) is 0 Å². The molecule has 0 aromatic carbocycles. The van der Waals surface area contributed by atoms with E-state index in [4.69, 9.17) is 16.7 Å². The molecule has 5 nitrogen and oxygen atoms in total. The van der Waals surface area contributed by atoms with Gasteiger partial charge in [-0.2, -0.15) is 0 Å². The molecule has 1 aromatic rings. The first kappa shape index (κ1) is 17.4. The molecule has 116 valence electrons. The molecule has 0 saturated carbocycles. The smallest absolute Gasteiger partial charge is 0.303 e. The lowest BCUT2D eigenvalue weighted by atomic mass is 9.97. The Hall–Kier alpha value is -1.62. The summed E-state index contributed by atoms with van der Waals surface area (Å²) in [5, 5.41) is 11.8. The van der Waals surface area contributed by atoms with Crippen molar-refractivity contribution < 1.29 is 14.7 Å². The number of carbonyl (C=O) groups is 2. The second kappa shape index (κ2) is 6.89. The number of nitrogens with zero attached hydrogens (tertiary/aromatic N) is 1. The van der Waals surface area contributed by atoms with Gasteiger partial charge in [0.15, 0.2) is 0 Å². The average molecular weight is 313 g/mol. The Morgan fingerprint density at radius 2 is 2.00 bits per heavy atom. The number of hydrogen-bond acceptors (Lipinski definition) is 3. The number of rotatable bonds is 6. The number of pyridine rings is 1. The maximum atomic E-state index is 12.3. The summed E-state index contributed by atoms with van der Waals surface area (Å²) in [7, 11) is 0. The zero-order valence-electron chi connectivity index (χ0n) is 12.7. The lowest BCUT2D eigenvalue weighted by molar-refractivity contribution is -0.137. The van der Waals surface area contributed by atoms with E-state index in [9.17, 15) is 9.59 Å². The monoisotopic (exact) mass is 312 g/mol. The number of aromatic nitrogens is 1. The lowest BCUT2D eigenvalue weighted by Crippen LogP contribution is -2.43. The van der Waals surface area contributed by atoms with Crippen molar-refractivity contribution in [1.82, 2.24) is 10.3 Å². The largest absolute Gasteiger partial charge is 0.481 e. The third-order valence-corrected chi connectivity index (χ3v) is 3.28. The summed E-state index contributed by atoms with van der Waals surface area (Å²) in [6.07, 6.45) is 0.353. The zero-order valence-corrected chi connectivity index (χ0v) is 13.5. The highest BCUT2D eigenvalue weighted by atomic mass is 35.5. The molecule has 1 heterocycles. The van der Waals surface area contributed by atoms with Crippen LogP contribution in [0.25, 0.3) is 0 Å². The molecular weight excluding hydrogens is 292 g/mol. The van der Waals surface area contributed by atoms with Gasteiger partial charge in [-0.05, 0) is 38.3 Å². The first-order valence-corrected chi connectivity index (χ1v) is 7.20. The number of nitrogens with one attached hydrogen (secondary N) is 1. The first-order valence-electron chi connectivity index (χ1n) is 6.82. The average Bonchev–Trinajstić information content (AvgIpc) is 2.35. The van der Waals surface area contributed by atoms with Crippen LogP contribution in [0.5, 0.6) is 0 Å². The van der Waals surface area contributed by atoms with Crippen LogP contribution in [0.2, 0.25) is 5.15 Å². The van der Waals surface area contributed by atoms with E-state index in [0.717, 1.165) is 5.69 Å². The van der Waals surface area contributed by atoms with Crippen LogP contribution < -0.4 is 5.32 Å². The Bertz CT molecular complexity index is 542.